The SMILES string of the molecule is CCc1nc(C)c(C(=O)NC2(C(=O)O)CCC(C)CC2)s1. The van der Waals surface area contributed by atoms with E-state index in [4.69, 9.17) is 0 Å². The summed E-state index contributed by atoms with van der Waals surface area (Å²) in [5, 5.41) is 13.2. The molecule has 1 saturated carbocycles. The fourth-order valence-corrected chi connectivity index (χ4v) is 3.64. The molecule has 0 bridgehead atoms. The summed E-state index contributed by atoms with van der Waals surface area (Å²) >= 11 is 1.35. The van der Waals surface area contributed by atoms with Crippen molar-refractivity contribution in [3.05, 3.63) is 15.6 Å². The van der Waals surface area contributed by atoms with Crippen molar-refractivity contribution in [3.8, 4) is 0 Å². The molecule has 0 unspecified atom stereocenters. The predicted molar refractivity (Wildman–Crippen MR) is 81.7 cm³/mol. The highest BCUT2D eigenvalue weighted by Crippen LogP contribution is 2.33. The lowest BCUT2D eigenvalue weighted by Crippen LogP contribution is -2.56. The second kappa shape index (κ2) is 6.13. The minimum atomic E-state index is -1.12. The number of nitrogens with one attached hydrogen (secondary N) is 1. The van der Waals surface area contributed by atoms with Crippen molar-refractivity contribution >= 4 is 23.2 Å². The first-order chi connectivity index (χ1) is 9.88. The Labute approximate surface area is 128 Å². The zero-order chi connectivity index (χ0) is 15.6. The molecule has 1 heterocycles. The van der Waals surface area contributed by atoms with E-state index in [-0.39, 0.29) is 5.91 Å². The fraction of sp³-hybridized carbons (Fsp3) is 0.667. The highest BCUT2D eigenvalue weighted by molar-refractivity contribution is 7.13. The van der Waals surface area contributed by atoms with Crippen molar-refractivity contribution in [2.45, 2.75) is 58.4 Å². The minimum Gasteiger partial charge on any atom is -0.480 e. The number of aliphatic carboxylic acids is 1. The van der Waals surface area contributed by atoms with Gasteiger partial charge in [0.2, 0.25) is 0 Å². The summed E-state index contributed by atoms with van der Waals surface area (Å²) in [6.45, 7) is 5.90. The molecule has 1 aliphatic carbocycles. The Bertz CT molecular complexity index is 545. The molecule has 0 aliphatic heterocycles. The first-order valence-electron chi connectivity index (χ1n) is 7.40. The maximum Gasteiger partial charge on any atom is 0.329 e. The van der Waals surface area contributed by atoms with Crippen molar-refractivity contribution in [2.24, 2.45) is 5.92 Å². The number of aryl methyl sites for hydroxylation is 2. The predicted octanol–water partition coefficient (Wildman–Crippen LogP) is 2.78. The van der Waals surface area contributed by atoms with Crippen molar-refractivity contribution in [1.82, 2.24) is 10.3 Å². The lowest BCUT2D eigenvalue weighted by molar-refractivity contribution is -0.146. The number of amides is 1. The van der Waals surface area contributed by atoms with Crippen LogP contribution in [0.15, 0.2) is 0 Å². The third kappa shape index (κ3) is 3.26. The summed E-state index contributed by atoms with van der Waals surface area (Å²) in [5.74, 6) is -0.714. The number of aromatic nitrogens is 1. The van der Waals surface area contributed by atoms with Gasteiger partial charge in [0.15, 0.2) is 0 Å². The van der Waals surface area contributed by atoms with Gasteiger partial charge in [0, 0.05) is 0 Å². The summed E-state index contributed by atoms with van der Waals surface area (Å²) in [5.41, 5.74) is -0.439. The summed E-state index contributed by atoms with van der Waals surface area (Å²) in [7, 11) is 0. The van der Waals surface area contributed by atoms with Crippen LogP contribution in [-0.2, 0) is 11.2 Å². The highest BCUT2D eigenvalue weighted by Gasteiger charge is 2.43. The molecule has 0 aromatic carbocycles. The van der Waals surface area contributed by atoms with Crippen LogP contribution in [0.25, 0.3) is 0 Å². The van der Waals surface area contributed by atoms with Crippen molar-refractivity contribution in [3.63, 3.8) is 0 Å². The summed E-state index contributed by atoms with van der Waals surface area (Å²) in [4.78, 5) is 29.0. The van der Waals surface area contributed by atoms with E-state index in [1.165, 1.54) is 11.3 Å². The normalized spacial score (nSPS) is 25.6. The number of carboxylic acids is 1. The minimum absolute atomic E-state index is 0.304. The van der Waals surface area contributed by atoms with E-state index in [2.05, 4.69) is 17.2 Å². The van der Waals surface area contributed by atoms with Gasteiger partial charge >= 0.3 is 5.97 Å². The van der Waals surface area contributed by atoms with E-state index in [1.54, 1.807) is 6.92 Å². The molecule has 0 radical (unpaired) electrons. The molecule has 1 aromatic rings. The van der Waals surface area contributed by atoms with Gasteiger partial charge in [0.05, 0.1) is 10.7 Å². The second-order valence-electron chi connectivity index (χ2n) is 5.90. The largest absolute Gasteiger partial charge is 0.480 e. The molecule has 21 heavy (non-hydrogen) atoms. The number of thiazole rings is 1. The lowest BCUT2D eigenvalue weighted by Gasteiger charge is -2.36. The average molecular weight is 310 g/mol. The quantitative estimate of drug-likeness (QED) is 0.896. The molecule has 1 aromatic heterocycles. The molecule has 0 saturated heterocycles. The molecule has 1 fully saturated rings. The van der Waals surface area contributed by atoms with Crippen molar-refractivity contribution in [1.29, 1.82) is 0 Å². The number of carbonyl (C=O) groups excluding carboxylic acids is 1. The van der Waals surface area contributed by atoms with Gasteiger partial charge in [-0.05, 0) is 44.9 Å². The maximum atomic E-state index is 12.5. The molecule has 6 heteroatoms. The van der Waals surface area contributed by atoms with Crippen molar-refractivity contribution < 1.29 is 14.7 Å². The Hall–Kier alpha value is -1.43. The van der Waals surface area contributed by atoms with Gasteiger partial charge in [-0.25, -0.2) is 9.78 Å². The van der Waals surface area contributed by atoms with Gasteiger partial charge in [-0.15, -0.1) is 11.3 Å². The maximum absolute atomic E-state index is 12.5. The van der Waals surface area contributed by atoms with Gasteiger partial charge in [-0.2, -0.15) is 0 Å². The molecule has 2 N–H and O–H groups in total. The van der Waals surface area contributed by atoms with Gasteiger partial charge in [-0.1, -0.05) is 13.8 Å². The van der Waals surface area contributed by atoms with Crippen LogP contribution in [0.1, 0.15) is 59.9 Å². The van der Waals surface area contributed by atoms with Crippen LogP contribution >= 0.6 is 11.3 Å². The van der Waals surface area contributed by atoms with Gasteiger partial charge in [-0.3, -0.25) is 4.79 Å². The summed E-state index contributed by atoms with van der Waals surface area (Å²) < 4.78 is 0. The standard InChI is InChI=1S/C15H22N2O3S/c1-4-11-16-10(3)12(21-11)13(18)17-15(14(19)20)7-5-9(2)6-8-15/h9H,4-8H2,1-3H3,(H,17,18)(H,19,20). The number of hydrogen-bond acceptors (Lipinski definition) is 4. The highest BCUT2D eigenvalue weighted by atomic mass is 32.1. The third-order valence-corrected chi connectivity index (χ3v) is 5.54. The number of carbonyl (C=O) groups is 2. The van der Waals surface area contributed by atoms with Gasteiger partial charge in [0.25, 0.3) is 5.91 Å². The first-order valence-corrected chi connectivity index (χ1v) is 8.22. The molecule has 1 aliphatic rings. The molecule has 116 valence electrons. The van der Waals surface area contributed by atoms with Crippen LogP contribution in [0.3, 0.4) is 0 Å². The van der Waals surface area contributed by atoms with E-state index in [9.17, 15) is 14.7 Å². The van der Waals surface area contributed by atoms with Crippen LogP contribution in [0.4, 0.5) is 0 Å². The molecule has 2 rings (SSSR count). The van der Waals surface area contributed by atoms with E-state index < -0.39 is 11.5 Å². The monoisotopic (exact) mass is 310 g/mol. The van der Waals surface area contributed by atoms with Crippen LogP contribution in [0.2, 0.25) is 0 Å². The molecular weight excluding hydrogens is 288 g/mol. The Balaban J connectivity index is 2.19. The van der Waals surface area contributed by atoms with Crippen LogP contribution in [-0.4, -0.2) is 27.5 Å². The van der Waals surface area contributed by atoms with E-state index in [1.807, 2.05) is 6.92 Å². The Morgan fingerprint density at radius 1 is 1.43 bits per heavy atom. The number of carboxylic acid groups (broad SMARTS) is 1. The third-order valence-electron chi connectivity index (χ3n) is 4.24. The van der Waals surface area contributed by atoms with Gasteiger partial charge < -0.3 is 10.4 Å². The first kappa shape index (κ1) is 15.9. The van der Waals surface area contributed by atoms with E-state index >= 15 is 0 Å². The lowest BCUT2D eigenvalue weighted by atomic mass is 9.77. The number of hydrogen-bond donors (Lipinski definition) is 2. The summed E-state index contributed by atoms with van der Waals surface area (Å²) in [6.07, 6.45) is 3.42. The molecular formula is C15H22N2O3S. The van der Waals surface area contributed by atoms with Crippen molar-refractivity contribution in [2.75, 3.05) is 0 Å². The molecule has 0 atom stereocenters. The molecule has 5 nitrogen and oxygen atoms in total. The Morgan fingerprint density at radius 2 is 2.05 bits per heavy atom. The van der Waals surface area contributed by atoms with Crippen LogP contribution in [0, 0.1) is 12.8 Å². The zero-order valence-electron chi connectivity index (χ0n) is 12.7. The van der Waals surface area contributed by atoms with E-state index in [0.717, 1.165) is 24.3 Å². The Morgan fingerprint density at radius 3 is 2.52 bits per heavy atom. The molecule has 0 spiro atoms. The fourth-order valence-electron chi connectivity index (χ4n) is 2.74. The van der Waals surface area contributed by atoms with Gasteiger partial charge in [0.1, 0.15) is 10.4 Å². The van der Waals surface area contributed by atoms with Crippen LogP contribution in [0.5, 0.6) is 0 Å². The Kier molecular flexibility index (Phi) is 4.66. The molecule has 1 amide bonds. The average Bonchev–Trinajstić information content (AvgIpc) is 2.82. The topological polar surface area (TPSA) is 79.3 Å². The number of rotatable bonds is 4. The smallest absolute Gasteiger partial charge is 0.329 e. The van der Waals surface area contributed by atoms with E-state index in [0.29, 0.717) is 29.3 Å². The second-order valence-corrected chi connectivity index (χ2v) is 6.98. The number of nitrogens with zero attached hydrogens (tertiary/aromatic N) is 1. The zero-order valence-corrected chi connectivity index (χ0v) is 13.5. The summed E-state index contributed by atoms with van der Waals surface area (Å²) in [6, 6.07) is 0. The van der Waals surface area contributed by atoms with Crippen LogP contribution < -0.4 is 5.32 Å².